The van der Waals surface area contributed by atoms with Crippen LogP contribution in [0.25, 0.3) is 0 Å². The van der Waals surface area contributed by atoms with E-state index in [1.807, 2.05) is 40.7 Å². The molecular formula is C31H37Cl2N3O4S. The molecule has 0 aliphatic carbocycles. The second-order valence-electron chi connectivity index (χ2n) is 10.3. The molecule has 0 aromatic heterocycles. The summed E-state index contributed by atoms with van der Waals surface area (Å²) in [6, 6.07) is 15.7. The van der Waals surface area contributed by atoms with Crippen LogP contribution in [0.4, 0.5) is 5.69 Å². The van der Waals surface area contributed by atoms with Crippen LogP contribution in [0.1, 0.15) is 49.4 Å². The molecule has 0 radical (unpaired) electrons. The van der Waals surface area contributed by atoms with Gasteiger partial charge in [-0.1, -0.05) is 66.0 Å². The Kier molecular flexibility index (Phi) is 10.9. The minimum atomic E-state index is -4.16. The van der Waals surface area contributed by atoms with Crippen LogP contribution in [0.15, 0.2) is 65.6 Å². The van der Waals surface area contributed by atoms with Gasteiger partial charge in [-0.2, -0.15) is 0 Å². The Morgan fingerprint density at radius 2 is 1.49 bits per heavy atom. The first-order valence-electron chi connectivity index (χ1n) is 13.5. The zero-order valence-electron chi connectivity index (χ0n) is 24.2. The summed E-state index contributed by atoms with van der Waals surface area (Å²) in [5.41, 5.74) is 3.35. The Bertz CT molecular complexity index is 1490. The fourth-order valence-electron chi connectivity index (χ4n) is 4.26. The summed E-state index contributed by atoms with van der Waals surface area (Å²) >= 11 is 12.9. The van der Waals surface area contributed by atoms with Gasteiger partial charge in [-0.15, -0.1) is 0 Å². The fraction of sp³-hybridized carbons (Fsp3) is 0.355. The van der Waals surface area contributed by atoms with Crippen LogP contribution in [-0.4, -0.2) is 43.8 Å². The van der Waals surface area contributed by atoms with E-state index in [0.717, 1.165) is 21.0 Å². The average molecular weight is 619 g/mol. The number of carbonyl (C=O) groups excluding carboxylic acids is 2. The van der Waals surface area contributed by atoms with Gasteiger partial charge in [-0.25, -0.2) is 8.42 Å². The van der Waals surface area contributed by atoms with Crippen molar-refractivity contribution in [2.45, 2.75) is 71.5 Å². The first-order valence-corrected chi connectivity index (χ1v) is 15.7. The minimum absolute atomic E-state index is 0.0556. The topological polar surface area (TPSA) is 86.8 Å². The molecular weight excluding hydrogens is 581 g/mol. The molecule has 10 heteroatoms. The Balaban J connectivity index is 2.11. The number of amides is 2. The molecule has 3 rings (SSSR count). The maximum Gasteiger partial charge on any atom is 0.264 e. The van der Waals surface area contributed by atoms with Crippen LogP contribution in [0, 0.1) is 20.8 Å². The van der Waals surface area contributed by atoms with Gasteiger partial charge in [0.05, 0.1) is 10.6 Å². The standard InChI is InChI=1S/C31H37Cl2N3O4S/c1-7-22(4)34-31(38)24(6)35(18-26-27(32)11-9-12-28(26)33)30(37)19-36(29-13-8-10-21(3)23(29)5)41(39,40)25-16-14-20(2)15-17-25/h8-17,22,24H,7,18-19H2,1-6H3,(H,34,38)/t22-,24+/m1/s1. The highest BCUT2D eigenvalue weighted by atomic mass is 35.5. The van der Waals surface area contributed by atoms with Crippen molar-refractivity contribution in [2.75, 3.05) is 10.8 Å². The van der Waals surface area contributed by atoms with Crippen molar-refractivity contribution in [3.63, 3.8) is 0 Å². The highest BCUT2D eigenvalue weighted by Crippen LogP contribution is 2.30. The lowest BCUT2D eigenvalue weighted by Crippen LogP contribution is -2.52. The van der Waals surface area contributed by atoms with E-state index in [-0.39, 0.29) is 23.4 Å². The van der Waals surface area contributed by atoms with Gasteiger partial charge in [0, 0.05) is 28.2 Å². The molecule has 2 amide bonds. The molecule has 0 aliphatic heterocycles. The molecule has 7 nitrogen and oxygen atoms in total. The van der Waals surface area contributed by atoms with Crippen LogP contribution < -0.4 is 9.62 Å². The van der Waals surface area contributed by atoms with Gasteiger partial charge < -0.3 is 10.2 Å². The third-order valence-corrected chi connectivity index (χ3v) is 9.77. The molecule has 0 saturated heterocycles. The highest BCUT2D eigenvalue weighted by Gasteiger charge is 2.34. The Hall–Kier alpha value is -3.07. The maximum atomic E-state index is 14.1. The van der Waals surface area contributed by atoms with E-state index >= 15 is 0 Å². The van der Waals surface area contributed by atoms with Gasteiger partial charge in [-0.3, -0.25) is 13.9 Å². The van der Waals surface area contributed by atoms with Crippen molar-refractivity contribution < 1.29 is 18.0 Å². The van der Waals surface area contributed by atoms with E-state index < -0.39 is 28.5 Å². The molecule has 2 atom stereocenters. The lowest BCUT2D eigenvalue weighted by atomic mass is 10.1. The monoisotopic (exact) mass is 617 g/mol. The van der Waals surface area contributed by atoms with Crippen LogP contribution in [0.2, 0.25) is 10.0 Å². The summed E-state index contributed by atoms with van der Waals surface area (Å²) in [4.78, 5) is 28.7. The number of rotatable bonds is 11. The molecule has 3 aromatic carbocycles. The second-order valence-corrected chi connectivity index (χ2v) is 12.9. The van der Waals surface area contributed by atoms with Crippen LogP contribution in [0.3, 0.4) is 0 Å². The van der Waals surface area contributed by atoms with E-state index in [2.05, 4.69) is 5.32 Å². The van der Waals surface area contributed by atoms with Crippen LogP contribution in [0.5, 0.6) is 0 Å². The Morgan fingerprint density at radius 3 is 2.07 bits per heavy atom. The number of hydrogen-bond acceptors (Lipinski definition) is 4. The zero-order valence-corrected chi connectivity index (χ0v) is 26.6. The average Bonchev–Trinajstić information content (AvgIpc) is 2.93. The van der Waals surface area contributed by atoms with Gasteiger partial charge in [0.2, 0.25) is 11.8 Å². The van der Waals surface area contributed by atoms with Gasteiger partial charge in [0.15, 0.2) is 0 Å². The number of benzene rings is 3. The summed E-state index contributed by atoms with van der Waals surface area (Å²) in [7, 11) is -4.16. The molecule has 0 aliphatic rings. The number of halogens is 2. The zero-order chi connectivity index (χ0) is 30.5. The summed E-state index contributed by atoms with van der Waals surface area (Å²) in [5.74, 6) is -0.945. The van der Waals surface area contributed by atoms with Crippen LogP contribution >= 0.6 is 23.2 Å². The first-order chi connectivity index (χ1) is 19.3. The minimum Gasteiger partial charge on any atom is -0.352 e. The highest BCUT2D eigenvalue weighted by molar-refractivity contribution is 7.92. The quantitative estimate of drug-likeness (QED) is 0.268. The molecule has 0 bridgehead atoms. The van der Waals surface area contributed by atoms with E-state index in [1.165, 1.54) is 17.0 Å². The number of hydrogen-bond donors (Lipinski definition) is 1. The Morgan fingerprint density at radius 1 is 0.902 bits per heavy atom. The third-order valence-electron chi connectivity index (χ3n) is 7.29. The molecule has 0 unspecified atom stereocenters. The van der Waals surface area contributed by atoms with E-state index in [9.17, 15) is 18.0 Å². The fourth-order valence-corrected chi connectivity index (χ4v) is 6.25. The smallest absolute Gasteiger partial charge is 0.264 e. The summed E-state index contributed by atoms with van der Waals surface area (Å²) in [6.07, 6.45) is 0.706. The van der Waals surface area contributed by atoms with Gasteiger partial charge >= 0.3 is 0 Å². The van der Waals surface area contributed by atoms with Crippen LogP contribution in [-0.2, 0) is 26.2 Å². The van der Waals surface area contributed by atoms with E-state index in [1.54, 1.807) is 49.4 Å². The number of nitrogens with zero attached hydrogens (tertiary/aromatic N) is 2. The normalized spacial score (nSPS) is 12.9. The van der Waals surface area contributed by atoms with Gasteiger partial charge in [-0.05, 0) is 82.5 Å². The third kappa shape index (κ3) is 7.61. The number of carbonyl (C=O) groups is 2. The first kappa shape index (κ1) is 32.4. The summed E-state index contributed by atoms with van der Waals surface area (Å²) < 4.78 is 29.2. The number of aryl methyl sites for hydroxylation is 2. The van der Waals surface area contributed by atoms with Gasteiger partial charge in [0.1, 0.15) is 12.6 Å². The molecule has 41 heavy (non-hydrogen) atoms. The molecule has 0 fully saturated rings. The van der Waals surface area contributed by atoms with Crippen molar-refractivity contribution in [1.82, 2.24) is 10.2 Å². The molecule has 0 heterocycles. The number of sulfonamides is 1. The van der Waals surface area contributed by atoms with Crippen molar-refractivity contribution in [3.05, 3.63) is 93.0 Å². The van der Waals surface area contributed by atoms with Crippen molar-refractivity contribution >= 4 is 50.7 Å². The summed E-state index contributed by atoms with van der Waals surface area (Å²) in [6.45, 7) is 10.4. The molecule has 0 saturated carbocycles. The molecule has 3 aromatic rings. The van der Waals surface area contributed by atoms with E-state index in [4.69, 9.17) is 23.2 Å². The number of nitrogens with one attached hydrogen (secondary N) is 1. The number of anilines is 1. The van der Waals surface area contributed by atoms with Crippen molar-refractivity contribution in [2.24, 2.45) is 0 Å². The maximum absolute atomic E-state index is 14.1. The van der Waals surface area contributed by atoms with E-state index in [0.29, 0.717) is 27.7 Å². The van der Waals surface area contributed by atoms with Gasteiger partial charge in [0.25, 0.3) is 10.0 Å². The second kappa shape index (κ2) is 13.7. The summed E-state index contributed by atoms with van der Waals surface area (Å²) in [5, 5.41) is 3.59. The predicted octanol–water partition coefficient (Wildman–Crippen LogP) is 6.45. The molecule has 0 spiro atoms. The van der Waals surface area contributed by atoms with Crippen molar-refractivity contribution in [3.8, 4) is 0 Å². The molecule has 1 N–H and O–H groups in total. The predicted molar refractivity (Wildman–Crippen MR) is 166 cm³/mol. The largest absolute Gasteiger partial charge is 0.352 e. The lowest BCUT2D eigenvalue weighted by molar-refractivity contribution is -0.139. The SMILES string of the molecule is CC[C@@H](C)NC(=O)[C@H](C)N(Cc1c(Cl)cccc1Cl)C(=O)CN(c1cccc(C)c1C)S(=O)(=O)c1ccc(C)cc1. The molecule has 220 valence electrons. The Labute approximate surface area is 253 Å². The van der Waals surface area contributed by atoms with Crippen molar-refractivity contribution in [1.29, 1.82) is 0 Å². The lowest BCUT2D eigenvalue weighted by Gasteiger charge is -2.33.